The van der Waals surface area contributed by atoms with Gasteiger partial charge in [0.05, 0.1) is 21.3 Å². The number of ether oxygens (including phenoxy) is 3. The summed E-state index contributed by atoms with van der Waals surface area (Å²) in [5, 5.41) is 6.06. The lowest BCUT2D eigenvalue weighted by Crippen LogP contribution is -2.22. The van der Waals surface area contributed by atoms with E-state index in [1.54, 1.807) is 51.8 Å². The molecule has 0 atom stereocenters. The van der Waals surface area contributed by atoms with Crippen LogP contribution in [0.15, 0.2) is 36.5 Å². The molecule has 29 heavy (non-hydrogen) atoms. The lowest BCUT2D eigenvalue weighted by Gasteiger charge is -2.15. The number of unbranched alkanes of at least 4 members (excludes halogenated alkanes) is 1. The Bertz CT molecular complexity index is 814. The second kappa shape index (κ2) is 11.6. The molecule has 0 radical (unpaired) electrons. The minimum Gasteiger partial charge on any atom is -0.493 e. The number of anilines is 2. The smallest absolute Gasteiger partial charge is 0.244 e. The number of hydrogen-bond donors (Lipinski definition) is 3. The zero-order chi connectivity index (χ0) is 21.1. The molecule has 1 aromatic heterocycles. The van der Waals surface area contributed by atoms with E-state index in [1.807, 2.05) is 6.07 Å². The first kappa shape index (κ1) is 22.0. The number of hydrogen-bond acceptors (Lipinski definition) is 7. The Balaban J connectivity index is 2.17. The zero-order valence-corrected chi connectivity index (χ0v) is 17.0. The molecule has 0 unspecified atom stereocenters. The van der Waals surface area contributed by atoms with Crippen molar-refractivity contribution in [2.24, 2.45) is 5.73 Å². The average molecular weight is 400 g/mol. The van der Waals surface area contributed by atoms with Gasteiger partial charge < -0.3 is 30.6 Å². The van der Waals surface area contributed by atoms with Crippen molar-refractivity contribution < 1.29 is 19.0 Å². The lowest BCUT2D eigenvalue weighted by atomic mass is 10.2. The largest absolute Gasteiger partial charge is 0.493 e. The molecule has 0 aliphatic heterocycles. The van der Waals surface area contributed by atoms with E-state index in [-0.39, 0.29) is 5.91 Å². The molecule has 1 aromatic carbocycles. The number of pyridine rings is 1. The molecule has 0 saturated heterocycles. The number of nitrogens with zero attached hydrogens (tertiary/aromatic N) is 1. The van der Waals surface area contributed by atoms with Crippen molar-refractivity contribution in [2.45, 2.75) is 12.8 Å². The van der Waals surface area contributed by atoms with Crippen LogP contribution in [0.2, 0.25) is 0 Å². The molecule has 8 nitrogen and oxygen atoms in total. The van der Waals surface area contributed by atoms with Gasteiger partial charge in [-0.15, -0.1) is 0 Å². The predicted octanol–water partition coefficient (Wildman–Crippen LogP) is 2.72. The van der Waals surface area contributed by atoms with Crippen LogP contribution in [-0.2, 0) is 4.79 Å². The number of amides is 1. The number of methoxy groups -OCH3 is 3. The molecule has 8 heteroatoms. The van der Waals surface area contributed by atoms with Crippen LogP contribution in [0.1, 0.15) is 18.4 Å². The van der Waals surface area contributed by atoms with Crippen LogP contribution in [0.25, 0.3) is 6.08 Å². The summed E-state index contributed by atoms with van der Waals surface area (Å²) in [5.74, 6) is 1.99. The van der Waals surface area contributed by atoms with Crippen LogP contribution in [-0.4, -0.2) is 45.3 Å². The summed E-state index contributed by atoms with van der Waals surface area (Å²) < 4.78 is 16.1. The van der Waals surface area contributed by atoms with Crippen molar-refractivity contribution in [3.8, 4) is 17.2 Å². The van der Waals surface area contributed by atoms with E-state index in [0.717, 1.165) is 18.4 Å². The molecule has 1 heterocycles. The number of carbonyl (C=O) groups is 1. The molecule has 2 rings (SSSR count). The van der Waals surface area contributed by atoms with Gasteiger partial charge in [-0.3, -0.25) is 4.79 Å². The molecule has 1 amide bonds. The van der Waals surface area contributed by atoms with Gasteiger partial charge in [0.2, 0.25) is 11.7 Å². The van der Waals surface area contributed by atoms with E-state index in [4.69, 9.17) is 19.9 Å². The highest BCUT2D eigenvalue weighted by molar-refractivity contribution is 5.92. The van der Waals surface area contributed by atoms with Crippen LogP contribution < -0.4 is 30.6 Å². The summed E-state index contributed by atoms with van der Waals surface area (Å²) >= 11 is 0. The van der Waals surface area contributed by atoms with E-state index >= 15 is 0 Å². The van der Waals surface area contributed by atoms with Gasteiger partial charge in [0, 0.05) is 42.2 Å². The van der Waals surface area contributed by atoms with Gasteiger partial charge in [0.25, 0.3) is 0 Å². The number of aromatic nitrogens is 1. The lowest BCUT2D eigenvalue weighted by molar-refractivity contribution is -0.116. The summed E-state index contributed by atoms with van der Waals surface area (Å²) in [6.45, 7) is 1.22. The molecule has 2 aromatic rings. The van der Waals surface area contributed by atoms with Crippen LogP contribution in [0.5, 0.6) is 17.2 Å². The Kier molecular flexibility index (Phi) is 8.78. The minimum absolute atomic E-state index is 0.162. The fraction of sp³-hybridized carbons (Fsp3) is 0.333. The summed E-state index contributed by atoms with van der Waals surface area (Å²) in [4.78, 5) is 16.3. The van der Waals surface area contributed by atoms with Crippen molar-refractivity contribution in [1.29, 1.82) is 0 Å². The highest BCUT2D eigenvalue weighted by Gasteiger charge is 2.14. The first-order valence-electron chi connectivity index (χ1n) is 9.31. The topological polar surface area (TPSA) is 108 Å². The van der Waals surface area contributed by atoms with Crippen LogP contribution >= 0.6 is 0 Å². The maximum Gasteiger partial charge on any atom is 0.244 e. The predicted molar refractivity (Wildman–Crippen MR) is 114 cm³/mol. The number of benzene rings is 1. The van der Waals surface area contributed by atoms with Gasteiger partial charge >= 0.3 is 0 Å². The zero-order valence-electron chi connectivity index (χ0n) is 17.0. The molecule has 0 spiro atoms. The Morgan fingerprint density at radius 1 is 1.14 bits per heavy atom. The van der Waals surface area contributed by atoms with Crippen molar-refractivity contribution in [3.63, 3.8) is 0 Å². The molecule has 0 aliphatic carbocycles. The number of rotatable bonds is 11. The first-order valence-corrected chi connectivity index (χ1v) is 9.31. The SMILES string of the molecule is COc1cc(Nc2ncccc2/C=C/C(=O)NCCCCN)cc(OC)c1OC. The van der Waals surface area contributed by atoms with Crippen molar-refractivity contribution in [1.82, 2.24) is 10.3 Å². The monoisotopic (exact) mass is 400 g/mol. The molecule has 4 N–H and O–H groups in total. The van der Waals surface area contributed by atoms with E-state index in [2.05, 4.69) is 15.6 Å². The second-order valence-electron chi connectivity index (χ2n) is 6.10. The van der Waals surface area contributed by atoms with E-state index in [1.165, 1.54) is 6.08 Å². The highest BCUT2D eigenvalue weighted by atomic mass is 16.5. The molecule has 0 aliphatic rings. The van der Waals surface area contributed by atoms with Crippen LogP contribution in [0.4, 0.5) is 11.5 Å². The fourth-order valence-corrected chi connectivity index (χ4v) is 2.65. The number of nitrogens with one attached hydrogen (secondary N) is 2. The van der Waals surface area contributed by atoms with E-state index in [0.29, 0.717) is 41.8 Å². The standard InChI is InChI=1S/C21H28N4O4/c1-27-17-13-16(14-18(28-2)20(17)29-3)25-21-15(7-6-12-24-21)8-9-19(26)23-11-5-4-10-22/h6-9,12-14H,4-5,10-11,22H2,1-3H3,(H,23,26)(H,24,25)/b9-8+. The van der Waals surface area contributed by atoms with Gasteiger partial charge in [0.1, 0.15) is 5.82 Å². The van der Waals surface area contributed by atoms with Crippen molar-refractivity contribution in [3.05, 3.63) is 42.1 Å². The third-order valence-electron chi connectivity index (χ3n) is 4.11. The average Bonchev–Trinajstić information content (AvgIpc) is 2.75. The molecule has 0 saturated carbocycles. The van der Waals surface area contributed by atoms with E-state index in [9.17, 15) is 4.79 Å². The second-order valence-corrected chi connectivity index (χ2v) is 6.10. The quantitative estimate of drug-likeness (QED) is 0.393. The Hall–Kier alpha value is -3.26. The Morgan fingerprint density at radius 3 is 2.48 bits per heavy atom. The molecule has 0 bridgehead atoms. The van der Waals surface area contributed by atoms with Gasteiger partial charge in [0.15, 0.2) is 11.5 Å². The Morgan fingerprint density at radius 2 is 1.86 bits per heavy atom. The van der Waals surface area contributed by atoms with Gasteiger partial charge in [-0.1, -0.05) is 0 Å². The van der Waals surface area contributed by atoms with Gasteiger partial charge in [-0.25, -0.2) is 4.98 Å². The summed E-state index contributed by atoms with van der Waals surface area (Å²) in [6.07, 6.45) is 6.61. The third-order valence-corrected chi connectivity index (χ3v) is 4.11. The van der Waals surface area contributed by atoms with E-state index < -0.39 is 0 Å². The Labute approximate surface area is 171 Å². The molecular weight excluding hydrogens is 372 g/mol. The maximum absolute atomic E-state index is 12.0. The first-order chi connectivity index (χ1) is 14.1. The third kappa shape index (κ3) is 6.39. The number of carbonyl (C=O) groups excluding carboxylic acids is 1. The minimum atomic E-state index is -0.162. The number of nitrogens with two attached hydrogens (primary N) is 1. The summed E-state index contributed by atoms with van der Waals surface area (Å²) in [6, 6.07) is 7.24. The van der Waals surface area contributed by atoms with Crippen molar-refractivity contribution in [2.75, 3.05) is 39.7 Å². The van der Waals surface area contributed by atoms with Crippen LogP contribution in [0, 0.1) is 0 Å². The molecular formula is C21H28N4O4. The highest BCUT2D eigenvalue weighted by Crippen LogP contribution is 2.40. The fourth-order valence-electron chi connectivity index (χ4n) is 2.65. The molecule has 156 valence electrons. The maximum atomic E-state index is 12.0. The normalized spacial score (nSPS) is 10.6. The molecule has 0 fully saturated rings. The van der Waals surface area contributed by atoms with Crippen molar-refractivity contribution >= 4 is 23.5 Å². The van der Waals surface area contributed by atoms with Crippen LogP contribution in [0.3, 0.4) is 0 Å². The van der Waals surface area contributed by atoms with Gasteiger partial charge in [-0.05, 0) is 37.6 Å². The summed E-state index contributed by atoms with van der Waals surface area (Å²) in [7, 11) is 4.67. The van der Waals surface area contributed by atoms with Gasteiger partial charge in [-0.2, -0.15) is 0 Å². The summed E-state index contributed by atoms with van der Waals surface area (Å²) in [5.41, 5.74) is 6.92.